The van der Waals surface area contributed by atoms with Crippen LogP contribution in [0.5, 0.6) is 5.88 Å². The first kappa shape index (κ1) is 17.8. The Balaban J connectivity index is 2.77. The van der Waals surface area contributed by atoms with Gasteiger partial charge in [-0.1, -0.05) is 35.0 Å². The molecule has 0 saturated carbocycles. The zero-order valence-electron chi connectivity index (χ0n) is 11.0. The quantitative estimate of drug-likeness (QED) is 0.639. The Morgan fingerprint density at radius 1 is 1.43 bits per heavy atom. The summed E-state index contributed by atoms with van der Waals surface area (Å²) in [6.07, 6.45) is -1.02. The molecule has 1 atom stereocenters. The highest BCUT2D eigenvalue weighted by Gasteiger charge is 2.22. The molecule has 0 radical (unpaired) electrons. The molecule has 1 aromatic heterocycles. The summed E-state index contributed by atoms with van der Waals surface area (Å²) in [4.78, 5) is 26.0. The van der Waals surface area contributed by atoms with E-state index in [4.69, 9.17) is 33.7 Å². The fourth-order valence-electron chi connectivity index (χ4n) is 1.11. The van der Waals surface area contributed by atoms with Gasteiger partial charge in [0, 0.05) is 0 Å². The maximum atomic E-state index is 13.4. The van der Waals surface area contributed by atoms with E-state index in [-0.39, 0.29) is 22.3 Å². The minimum Gasteiger partial charge on any atom is -0.468 e. The van der Waals surface area contributed by atoms with E-state index >= 15 is 0 Å². The van der Waals surface area contributed by atoms with Crippen LogP contribution in [0.15, 0.2) is 0 Å². The van der Waals surface area contributed by atoms with E-state index in [0.717, 1.165) is 0 Å². The Labute approximate surface area is 134 Å². The second-order valence-electron chi connectivity index (χ2n) is 3.69. The molecule has 1 aromatic rings. The second-order valence-corrected chi connectivity index (χ2v) is 5.43. The average molecular weight is 357 g/mol. The molecule has 1 rings (SSSR count). The predicted molar refractivity (Wildman–Crippen MR) is 78.2 cm³/mol. The number of carbonyl (C=O) groups is 2. The van der Waals surface area contributed by atoms with E-state index in [1.54, 1.807) is 0 Å². The number of methoxy groups -OCH3 is 1. The number of aromatic nitrogens is 1. The van der Waals surface area contributed by atoms with E-state index < -0.39 is 28.2 Å². The summed E-state index contributed by atoms with van der Waals surface area (Å²) in [5.74, 6) is -2.13. The van der Waals surface area contributed by atoms with Crippen molar-refractivity contribution in [1.29, 1.82) is 0 Å². The molecule has 6 nitrogen and oxygen atoms in total. The summed E-state index contributed by atoms with van der Waals surface area (Å²) < 4.78 is 22.9. The highest BCUT2D eigenvalue weighted by Crippen LogP contribution is 2.35. The topological polar surface area (TPSA) is 91.5 Å². The van der Waals surface area contributed by atoms with Gasteiger partial charge in [-0.2, -0.15) is 9.37 Å². The monoisotopic (exact) mass is 356 g/mol. The number of anilines is 1. The molecule has 2 N–H and O–H groups in total. The molecule has 21 heavy (non-hydrogen) atoms. The van der Waals surface area contributed by atoms with Gasteiger partial charge in [-0.3, -0.25) is 9.59 Å². The van der Waals surface area contributed by atoms with Gasteiger partial charge >= 0.3 is 5.97 Å². The third-order valence-corrected chi connectivity index (χ3v) is 3.94. The van der Waals surface area contributed by atoms with Crippen LogP contribution in [-0.4, -0.2) is 35.0 Å². The molecule has 116 valence electrons. The van der Waals surface area contributed by atoms with E-state index in [9.17, 15) is 14.0 Å². The van der Waals surface area contributed by atoms with Gasteiger partial charge in [0.25, 0.3) is 0 Å². The van der Waals surface area contributed by atoms with Gasteiger partial charge in [-0.05, 0) is 6.92 Å². The number of rotatable bonds is 5. The Morgan fingerprint density at radius 2 is 2.05 bits per heavy atom. The minimum absolute atomic E-state index is 0.165. The van der Waals surface area contributed by atoms with Crippen molar-refractivity contribution < 1.29 is 23.5 Å². The summed E-state index contributed by atoms with van der Waals surface area (Å²) in [5, 5.41) is -1.10. The molecule has 0 fully saturated rings. The molecule has 0 unspecified atom stereocenters. The number of esters is 1. The SMILES string of the molecule is COC(=O)CSC(=O)[C@@H](C)Oc1nc(F)c(Cl)c(N)c1Cl. The zero-order chi connectivity index (χ0) is 16.2. The van der Waals surface area contributed by atoms with Crippen LogP contribution in [0.25, 0.3) is 0 Å². The normalized spacial score (nSPS) is 11.9. The van der Waals surface area contributed by atoms with Crippen LogP contribution in [-0.2, 0) is 14.3 Å². The van der Waals surface area contributed by atoms with Crippen molar-refractivity contribution in [2.75, 3.05) is 18.6 Å². The number of nitrogens with two attached hydrogens (primary N) is 1. The van der Waals surface area contributed by atoms with E-state index in [1.807, 2.05) is 0 Å². The van der Waals surface area contributed by atoms with Crippen LogP contribution in [0, 0.1) is 5.95 Å². The number of carbonyl (C=O) groups excluding carboxylic acids is 2. The maximum absolute atomic E-state index is 13.4. The fourth-order valence-corrected chi connectivity index (χ4v) is 2.14. The largest absolute Gasteiger partial charge is 0.468 e. The van der Waals surface area contributed by atoms with Crippen LogP contribution in [0.2, 0.25) is 10.0 Å². The molecular formula is C11H11Cl2FN2O4S. The Kier molecular flexibility index (Phi) is 6.50. The molecule has 0 bridgehead atoms. The molecule has 0 aromatic carbocycles. The van der Waals surface area contributed by atoms with Crippen molar-refractivity contribution >= 4 is 51.7 Å². The van der Waals surface area contributed by atoms with Gasteiger partial charge in [-0.15, -0.1) is 0 Å². The van der Waals surface area contributed by atoms with Crippen molar-refractivity contribution in [2.24, 2.45) is 0 Å². The third kappa shape index (κ3) is 4.62. The van der Waals surface area contributed by atoms with E-state index in [0.29, 0.717) is 11.8 Å². The summed E-state index contributed by atoms with van der Waals surface area (Å²) in [7, 11) is 1.20. The Morgan fingerprint density at radius 3 is 2.62 bits per heavy atom. The highest BCUT2D eigenvalue weighted by molar-refractivity contribution is 8.14. The molecule has 0 aliphatic rings. The third-order valence-electron chi connectivity index (χ3n) is 2.22. The van der Waals surface area contributed by atoms with Crippen molar-refractivity contribution in [3.05, 3.63) is 16.0 Å². The number of nitrogen functional groups attached to an aromatic ring is 1. The predicted octanol–water partition coefficient (Wildman–Crippen LogP) is 2.31. The zero-order valence-corrected chi connectivity index (χ0v) is 13.3. The fraction of sp³-hybridized carbons (Fsp3) is 0.364. The molecule has 0 amide bonds. The average Bonchev–Trinajstić information content (AvgIpc) is 2.47. The number of nitrogens with zero attached hydrogens (tertiary/aromatic N) is 1. The molecular weight excluding hydrogens is 346 g/mol. The second kappa shape index (κ2) is 7.67. The Bertz CT molecular complexity index is 574. The van der Waals surface area contributed by atoms with E-state index in [1.165, 1.54) is 14.0 Å². The van der Waals surface area contributed by atoms with Gasteiger partial charge < -0.3 is 15.2 Å². The molecule has 0 aliphatic heterocycles. The first-order valence-electron chi connectivity index (χ1n) is 5.48. The van der Waals surface area contributed by atoms with Gasteiger partial charge in [0.1, 0.15) is 10.0 Å². The van der Waals surface area contributed by atoms with E-state index in [2.05, 4.69) is 9.72 Å². The lowest BCUT2D eigenvalue weighted by molar-refractivity contribution is -0.137. The van der Waals surface area contributed by atoms with Gasteiger partial charge in [0.05, 0.1) is 18.6 Å². The van der Waals surface area contributed by atoms with Gasteiger partial charge in [0.15, 0.2) is 6.10 Å². The number of hydrogen-bond acceptors (Lipinski definition) is 7. The number of pyridine rings is 1. The summed E-state index contributed by atoms with van der Waals surface area (Å²) in [6.45, 7) is 1.40. The van der Waals surface area contributed by atoms with Gasteiger partial charge in [-0.25, -0.2) is 0 Å². The minimum atomic E-state index is -1.06. The molecule has 10 heteroatoms. The van der Waals surface area contributed by atoms with Crippen LogP contribution in [0.4, 0.5) is 10.1 Å². The smallest absolute Gasteiger partial charge is 0.316 e. The first-order valence-corrected chi connectivity index (χ1v) is 7.22. The molecule has 0 spiro atoms. The summed E-state index contributed by atoms with van der Waals surface area (Å²) in [5.41, 5.74) is 5.24. The highest BCUT2D eigenvalue weighted by atomic mass is 35.5. The lowest BCUT2D eigenvalue weighted by Crippen LogP contribution is -2.23. The molecule has 1 heterocycles. The Hall–Kier alpha value is -1.25. The lowest BCUT2D eigenvalue weighted by atomic mass is 10.4. The number of ether oxygens (including phenoxy) is 2. The van der Waals surface area contributed by atoms with Crippen LogP contribution >= 0.6 is 35.0 Å². The first-order chi connectivity index (χ1) is 9.77. The van der Waals surface area contributed by atoms with Crippen LogP contribution < -0.4 is 10.5 Å². The molecule has 0 aliphatic carbocycles. The summed E-state index contributed by atoms with van der Waals surface area (Å²) >= 11 is 12.0. The maximum Gasteiger partial charge on any atom is 0.316 e. The number of thioether (sulfide) groups is 1. The molecule has 0 saturated heterocycles. The summed E-state index contributed by atoms with van der Waals surface area (Å²) in [6, 6.07) is 0. The lowest BCUT2D eigenvalue weighted by Gasteiger charge is -2.14. The van der Waals surface area contributed by atoms with Crippen molar-refractivity contribution in [1.82, 2.24) is 4.98 Å². The van der Waals surface area contributed by atoms with Crippen LogP contribution in [0.3, 0.4) is 0 Å². The standard InChI is InChI=1S/C11H11Cl2FN2O4S/c1-4(11(18)21-3-5(17)19-2)20-10-7(13)8(15)6(12)9(14)16-10/h4H,3H2,1-2H3,(H2,15,16)/t4-/m1/s1. The van der Waals surface area contributed by atoms with Crippen LogP contribution in [0.1, 0.15) is 6.92 Å². The number of halogens is 3. The van der Waals surface area contributed by atoms with Crippen molar-refractivity contribution in [3.63, 3.8) is 0 Å². The van der Waals surface area contributed by atoms with Crippen molar-refractivity contribution in [3.8, 4) is 5.88 Å². The number of hydrogen-bond donors (Lipinski definition) is 1. The van der Waals surface area contributed by atoms with Crippen molar-refractivity contribution in [2.45, 2.75) is 13.0 Å². The van der Waals surface area contributed by atoms with Gasteiger partial charge in [0.2, 0.25) is 16.9 Å².